The van der Waals surface area contributed by atoms with Gasteiger partial charge in [0.2, 0.25) is 0 Å². The Morgan fingerprint density at radius 1 is 1.40 bits per heavy atom. The van der Waals surface area contributed by atoms with Crippen molar-refractivity contribution in [1.29, 1.82) is 0 Å². The van der Waals surface area contributed by atoms with Crippen molar-refractivity contribution in [2.75, 3.05) is 7.11 Å². The molecule has 20 heavy (non-hydrogen) atoms. The molecule has 0 aliphatic carbocycles. The first kappa shape index (κ1) is 14.5. The summed E-state index contributed by atoms with van der Waals surface area (Å²) in [6.45, 7) is 1.99. The normalized spacial score (nSPS) is 10.5. The lowest BCUT2D eigenvalue weighted by atomic mass is 10.1. The van der Waals surface area contributed by atoms with Gasteiger partial charge in [0.25, 0.3) is 0 Å². The summed E-state index contributed by atoms with van der Waals surface area (Å²) >= 11 is 1.48. The van der Waals surface area contributed by atoms with Crippen molar-refractivity contribution in [3.05, 3.63) is 45.4 Å². The van der Waals surface area contributed by atoms with E-state index in [0.717, 1.165) is 33.3 Å². The number of aromatic nitrogens is 1. The van der Waals surface area contributed by atoms with Crippen LogP contribution in [0.25, 0.3) is 0 Å². The van der Waals surface area contributed by atoms with Crippen LogP contribution in [0.15, 0.2) is 24.3 Å². The highest BCUT2D eigenvalue weighted by atomic mass is 32.1. The van der Waals surface area contributed by atoms with Crippen LogP contribution in [0.4, 0.5) is 0 Å². The van der Waals surface area contributed by atoms with E-state index in [-0.39, 0.29) is 6.42 Å². The fourth-order valence-electron chi connectivity index (χ4n) is 2.08. The molecular formula is C15H17NO3S. The van der Waals surface area contributed by atoms with Gasteiger partial charge in [-0.3, -0.25) is 4.79 Å². The number of aliphatic carboxylic acids is 1. The van der Waals surface area contributed by atoms with Crippen LogP contribution in [-0.4, -0.2) is 23.2 Å². The van der Waals surface area contributed by atoms with Crippen molar-refractivity contribution in [1.82, 2.24) is 4.98 Å². The predicted molar refractivity (Wildman–Crippen MR) is 78.6 cm³/mol. The third-order valence-electron chi connectivity index (χ3n) is 3.00. The zero-order valence-electron chi connectivity index (χ0n) is 11.5. The SMILES string of the molecule is CCc1nc(Cc2ccccc2OC)sc1CC(=O)O. The molecule has 0 amide bonds. The minimum absolute atomic E-state index is 0.0484. The molecule has 0 fully saturated rings. The molecule has 2 rings (SSSR count). The highest BCUT2D eigenvalue weighted by Gasteiger charge is 2.14. The van der Waals surface area contributed by atoms with Crippen LogP contribution in [0.5, 0.6) is 5.75 Å². The Morgan fingerprint density at radius 3 is 2.80 bits per heavy atom. The maximum absolute atomic E-state index is 10.9. The Kier molecular flexibility index (Phi) is 4.74. The second kappa shape index (κ2) is 6.52. The number of nitrogens with zero attached hydrogens (tertiary/aromatic N) is 1. The summed E-state index contributed by atoms with van der Waals surface area (Å²) in [5.74, 6) is 0.0210. The quantitative estimate of drug-likeness (QED) is 0.889. The molecule has 0 unspecified atom stereocenters. The number of carboxylic acid groups (broad SMARTS) is 1. The second-order valence-corrected chi connectivity index (χ2v) is 5.56. The molecule has 0 atom stereocenters. The van der Waals surface area contributed by atoms with Crippen molar-refractivity contribution in [2.24, 2.45) is 0 Å². The molecule has 1 heterocycles. The highest BCUT2D eigenvalue weighted by molar-refractivity contribution is 7.11. The van der Waals surface area contributed by atoms with Gasteiger partial charge in [0.05, 0.1) is 24.2 Å². The number of benzene rings is 1. The minimum atomic E-state index is -0.813. The zero-order valence-corrected chi connectivity index (χ0v) is 12.4. The standard InChI is InChI=1S/C15H17NO3S/c1-3-11-13(9-15(17)18)20-14(16-11)8-10-6-4-5-7-12(10)19-2/h4-7H,3,8-9H2,1-2H3,(H,17,18). The molecule has 1 aromatic carbocycles. The molecule has 5 heteroatoms. The first-order valence-electron chi connectivity index (χ1n) is 6.45. The van der Waals surface area contributed by atoms with Gasteiger partial charge in [-0.15, -0.1) is 11.3 Å². The molecule has 0 radical (unpaired) electrons. The van der Waals surface area contributed by atoms with Crippen molar-refractivity contribution in [3.63, 3.8) is 0 Å². The van der Waals surface area contributed by atoms with E-state index >= 15 is 0 Å². The number of hydrogen-bond acceptors (Lipinski definition) is 4. The lowest BCUT2D eigenvalue weighted by molar-refractivity contribution is -0.136. The number of ether oxygens (including phenoxy) is 1. The zero-order chi connectivity index (χ0) is 14.5. The fraction of sp³-hybridized carbons (Fsp3) is 0.333. The number of thiazole rings is 1. The van der Waals surface area contributed by atoms with Gasteiger partial charge in [-0.25, -0.2) is 4.98 Å². The molecule has 1 aromatic heterocycles. The number of carbonyl (C=O) groups is 1. The average Bonchev–Trinajstić information content (AvgIpc) is 2.80. The Balaban J connectivity index is 2.25. The lowest BCUT2D eigenvalue weighted by Crippen LogP contribution is -2.00. The first-order chi connectivity index (χ1) is 9.63. The summed E-state index contributed by atoms with van der Waals surface area (Å²) < 4.78 is 5.33. The predicted octanol–water partition coefficient (Wildman–Crippen LogP) is 2.93. The van der Waals surface area contributed by atoms with Crippen LogP contribution >= 0.6 is 11.3 Å². The number of rotatable bonds is 6. The number of hydrogen-bond donors (Lipinski definition) is 1. The van der Waals surface area contributed by atoms with E-state index in [2.05, 4.69) is 4.98 Å². The van der Waals surface area contributed by atoms with Gasteiger partial charge in [0, 0.05) is 16.9 Å². The summed E-state index contributed by atoms with van der Waals surface area (Å²) in [5, 5.41) is 9.86. The lowest BCUT2D eigenvalue weighted by Gasteiger charge is -2.05. The van der Waals surface area contributed by atoms with Gasteiger partial charge in [-0.05, 0) is 12.5 Å². The van der Waals surface area contributed by atoms with Crippen LogP contribution in [-0.2, 0) is 24.1 Å². The van der Waals surface area contributed by atoms with E-state index in [0.29, 0.717) is 6.42 Å². The molecule has 0 spiro atoms. The van der Waals surface area contributed by atoms with Gasteiger partial charge in [0.1, 0.15) is 5.75 Å². The molecule has 0 saturated carbocycles. The molecular weight excluding hydrogens is 274 g/mol. The minimum Gasteiger partial charge on any atom is -0.496 e. The maximum Gasteiger partial charge on any atom is 0.308 e. The van der Waals surface area contributed by atoms with Crippen molar-refractivity contribution < 1.29 is 14.6 Å². The van der Waals surface area contributed by atoms with E-state index < -0.39 is 5.97 Å². The summed E-state index contributed by atoms with van der Waals surface area (Å²) in [4.78, 5) is 16.3. The fourth-order valence-corrected chi connectivity index (χ4v) is 3.25. The van der Waals surface area contributed by atoms with Crippen LogP contribution in [0.2, 0.25) is 0 Å². The summed E-state index contributed by atoms with van der Waals surface area (Å²) in [7, 11) is 1.65. The van der Waals surface area contributed by atoms with E-state index in [9.17, 15) is 4.79 Å². The maximum atomic E-state index is 10.9. The molecule has 2 aromatic rings. The summed E-state index contributed by atoms with van der Waals surface area (Å²) in [6.07, 6.45) is 1.47. The van der Waals surface area contributed by atoms with E-state index in [1.54, 1.807) is 7.11 Å². The average molecular weight is 291 g/mol. The Hall–Kier alpha value is -1.88. The van der Waals surface area contributed by atoms with Crippen LogP contribution in [0.1, 0.15) is 28.1 Å². The molecule has 1 N–H and O–H groups in total. The number of aryl methyl sites for hydroxylation is 1. The Labute approximate surface area is 122 Å². The molecule has 4 nitrogen and oxygen atoms in total. The van der Waals surface area contributed by atoms with Crippen LogP contribution < -0.4 is 4.74 Å². The van der Waals surface area contributed by atoms with Crippen LogP contribution in [0, 0.1) is 0 Å². The highest BCUT2D eigenvalue weighted by Crippen LogP contribution is 2.26. The van der Waals surface area contributed by atoms with Gasteiger partial charge in [-0.1, -0.05) is 25.1 Å². The first-order valence-corrected chi connectivity index (χ1v) is 7.26. The van der Waals surface area contributed by atoms with Gasteiger partial charge in [-0.2, -0.15) is 0 Å². The van der Waals surface area contributed by atoms with Crippen molar-refractivity contribution in [3.8, 4) is 5.75 Å². The van der Waals surface area contributed by atoms with E-state index in [1.807, 2.05) is 31.2 Å². The number of methoxy groups -OCH3 is 1. The Bertz CT molecular complexity index is 607. The van der Waals surface area contributed by atoms with Crippen molar-refractivity contribution >= 4 is 17.3 Å². The van der Waals surface area contributed by atoms with Crippen LogP contribution in [0.3, 0.4) is 0 Å². The summed E-state index contributed by atoms with van der Waals surface area (Å²) in [5.41, 5.74) is 1.95. The monoisotopic (exact) mass is 291 g/mol. The third-order valence-corrected chi connectivity index (χ3v) is 4.10. The van der Waals surface area contributed by atoms with E-state index in [1.165, 1.54) is 11.3 Å². The molecule has 0 saturated heterocycles. The van der Waals surface area contributed by atoms with Gasteiger partial charge >= 0.3 is 5.97 Å². The largest absolute Gasteiger partial charge is 0.496 e. The smallest absolute Gasteiger partial charge is 0.308 e. The number of para-hydroxylation sites is 1. The molecule has 0 aliphatic heterocycles. The summed E-state index contributed by atoms with van der Waals surface area (Å²) in [6, 6.07) is 7.81. The topological polar surface area (TPSA) is 59.4 Å². The second-order valence-electron chi connectivity index (χ2n) is 4.39. The molecule has 106 valence electrons. The van der Waals surface area contributed by atoms with Crippen molar-refractivity contribution in [2.45, 2.75) is 26.2 Å². The third kappa shape index (κ3) is 3.36. The van der Waals surface area contributed by atoms with E-state index in [4.69, 9.17) is 9.84 Å². The molecule has 0 aliphatic rings. The number of carboxylic acids is 1. The van der Waals surface area contributed by atoms with Gasteiger partial charge < -0.3 is 9.84 Å². The molecule has 0 bridgehead atoms. The van der Waals surface area contributed by atoms with Gasteiger partial charge in [0.15, 0.2) is 0 Å². The Morgan fingerprint density at radius 2 is 2.15 bits per heavy atom.